The van der Waals surface area contributed by atoms with E-state index in [1.807, 2.05) is 19.9 Å². The predicted octanol–water partition coefficient (Wildman–Crippen LogP) is 4.47. The van der Waals surface area contributed by atoms with Crippen molar-refractivity contribution >= 4 is 0 Å². The number of halogens is 3. The molecule has 4 heterocycles. The fourth-order valence-electron chi connectivity index (χ4n) is 3.03. The van der Waals surface area contributed by atoms with Crippen molar-refractivity contribution in [2.75, 3.05) is 0 Å². The molecule has 4 rings (SSSR count). The van der Waals surface area contributed by atoms with Crippen molar-refractivity contribution in [3.05, 3.63) is 90.3 Å². The summed E-state index contributed by atoms with van der Waals surface area (Å²) in [5.41, 5.74) is 1.02. The predicted molar refractivity (Wildman–Crippen MR) is 101 cm³/mol. The molecule has 0 atom stereocenters. The average Bonchev–Trinajstić information content (AvgIpc) is 3.14. The van der Waals surface area contributed by atoms with Gasteiger partial charge >= 0.3 is 0 Å². The Morgan fingerprint density at radius 1 is 0.828 bits per heavy atom. The van der Waals surface area contributed by atoms with Crippen molar-refractivity contribution in [1.29, 1.82) is 0 Å². The van der Waals surface area contributed by atoms with Gasteiger partial charge in [-0.15, -0.1) is 0 Å². The lowest BCUT2D eigenvalue weighted by molar-refractivity contribution is 0.514. The summed E-state index contributed by atoms with van der Waals surface area (Å²) in [6, 6.07) is 12.8. The monoisotopic (exact) mass is 395 g/mol. The maximum atomic E-state index is 14.1. The van der Waals surface area contributed by atoms with Crippen LogP contribution in [0.15, 0.2) is 60.9 Å². The van der Waals surface area contributed by atoms with Gasteiger partial charge < -0.3 is 0 Å². The average molecular weight is 395 g/mol. The summed E-state index contributed by atoms with van der Waals surface area (Å²) in [7, 11) is 0. The molecule has 146 valence electrons. The van der Waals surface area contributed by atoms with Crippen LogP contribution in [0.25, 0.3) is 17.1 Å². The van der Waals surface area contributed by atoms with Crippen LogP contribution in [0.1, 0.15) is 25.2 Å². The number of pyridine rings is 3. The number of hydrogen-bond donors (Lipinski definition) is 0. The second kappa shape index (κ2) is 7.12. The highest BCUT2D eigenvalue weighted by Crippen LogP contribution is 2.31. The van der Waals surface area contributed by atoms with E-state index in [1.165, 1.54) is 23.0 Å². The molecule has 0 spiro atoms. The molecule has 4 aromatic heterocycles. The van der Waals surface area contributed by atoms with E-state index in [-0.39, 0.29) is 5.56 Å². The molecule has 0 fully saturated rings. The Bertz CT molecular complexity index is 1190. The SMILES string of the molecule is CC(C)(c1cccc(-c2ccc(F)nc2F)n1)c1cccc(-n2ccnc2F)n1. The van der Waals surface area contributed by atoms with Gasteiger partial charge in [0.2, 0.25) is 11.9 Å². The Morgan fingerprint density at radius 3 is 2.24 bits per heavy atom. The topological polar surface area (TPSA) is 56.5 Å². The minimum absolute atomic E-state index is 0.103. The zero-order valence-electron chi connectivity index (χ0n) is 15.6. The largest absolute Gasteiger partial charge is 0.294 e. The first-order valence-electron chi connectivity index (χ1n) is 8.83. The quantitative estimate of drug-likeness (QED) is 0.479. The third-order valence-electron chi connectivity index (χ3n) is 4.70. The van der Waals surface area contributed by atoms with Gasteiger partial charge in [0.1, 0.15) is 5.82 Å². The van der Waals surface area contributed by atoms with Gasteiger partial charge in [-0.25, -0.2) is 9.97 Å². The van der Waals surface area contributed by atoms with Crippen molar-refractivity contribution in [2.45, 2.75) is 19.3 Å². The molecule has 0 amide bonds. The summed E-state index contributed by atoms with van der Waals surface area (Å²) in [4.78, 5) is 15.9. The molecule has 0 N–H and O–H groups in total. The Balaban J connectivity index is 1.76. The molecule has 0 aliphatic heterocycles. The van der Waals surface area contributed by atoms with E-state index in [0.717, 1.165) is 6.07 Å². The molecule has 0 aromatic carbocycles. The minimum Gasteiger partial charge on any atom is -0.260 e. The Hall–Kier alpha value is -3.55. The summed E-state index contributed by atoms with van der Waals surface area (Å²) in [6.45, 7) is 3.82. The molecule has 29 heavy (non-hydrogen) atoms. The summed E-state index contributed by atoms with van der Waals surface area (Å²) in [5.74, 6) is -1.44. The first kappa shape index (κ1) is 18.8. The van der Waals surface area contributed by atoms with E-state index in [9.17, 15) is 13.2 Å². The first-order valence-corrected chi connectivity index (χ1v) is 8.83. The van der Waals surface area contributed by atoms with Crippen LogP contribution in [0.2, 0.25) is 0 Å². The number of nitrogens with zero attached hydrogens (tertiary/aromatic N) is 5. The molecule has 5 nitrogen and oxygen atoms in total. The number of aromatic nitrogens is 5. The van der Waals surface area contributed by atoms with E-state index in [2.05, 4.69) is 19.9 Å². The van der Waals surface area contributed by atoms with Crippen molar-refractivity contribution in [3.63, 3.8) is 0 Å². The smallest absolute Gasteiger partial charge is 0.260 e. The van der Waals surface area contributed by atoms with Gasteiger partial charge in [0.15, 0.2) is 0 Å². The maximum absolute atomic E-state index is 14.1. The van der Waals surface area contributed by atoms with Crippen LogP contribution in [0, 0.1) is 18.0 Å². The fourth-order valence-corrected chi connectivity index (χ4v) is 3.03. The fraction of sp³-hybridized carbons (Fsp3) is 0.143. The number of rotatable bonds is 4. The molecule has 0 saturated heterocycles. The maximum Gasteiger partial charge on any atom is 0.294 e. The first-order chi connectivity index (χ1) is 13.9. The molecule has 0 unspecified atom stereocenters. The normalized spacial score (nSPS) is 11.6. The second-order valence-electron chi connectivity index (χ2n) is 6.95. The number of hydrogen-bond acceptors (Lipinski definition) is 4. The van der Waals surface area contributed by atoms with Gasteiger partial charge in [0.25, 0.3) is 6.08 Å². The zero-order valence-corrected chi connectivity index (χ0v) is 15.6. The van der Waals surface area contributed by atoms with E-state index < -0.39 is 23.4 Å². The van der Waals surface area contributed by atoms with Crippen LogP contribution in [-0.2, 0) is 5.41 Å². The van der Waals surface area contributed by atoms with E-state index in [0.29, 0.717) is 22.9 Å². The van der Waals surface area contributed by atoms with Gasteiger partial charge in [-0.2, -0.15) is 18.2 Å². The third-order valence-corrected chi connectivity index (χ3v) is 4.70. The van der Waals surface area contributed by atoms with Gasteiger partial charge in [-0.1, -0.05) is 12.1 Å². The van der Waals surface area contributed by atoms with E-state index in [4.69, 9.17) is 0 Å². The van der Waals surface area contributed by atoms with E-state index >= 15 is 0 Å². The molecule has 0 aliphatic carbocycles. The lowest BCUT2D eigenvalue weighted by Crippen LogP contribution is -2.23. The summed E-state index contributed by atoms with van der Waals surface area (Å²) in [5, 5.41) is 0. The minimum atomic E-state index is -0.928. The van der Waals surface area contributed by atoms with E-state index in [1.54, 1.807) is 30.3 Å². The molecule has 0 saturated carbocycles. The van der Waals surface area contributed by atoms with Crippen molar-refractivity contribution in [2.24, 2.45) is 0 Å². The molecule has 0 bridgehead atoms. The number of imidazole rings is 1. The van der Waals surface area contributed by atoms with Crippen LogP contribution in [-0.4, -0.2) is 24.5 Å². The van der Waals surface area contributed by atoms with Crippen LogP contribution in [0.4, 0.5) is 13.2 Å². The van der Waals surface area contributed by atoms with Gasteiger partial charge in [0.05, 0.1) is 22.6 Å². The molecular weight excluding hydrogens is 379 g/mol. The Kier molecular flexibility index (Phi) is 4.62. The van der Waals surface area contributed by atoms with Gasteiger partial charge in [-0.3, -0.25) is 9.55 Å². The van der Waals surface area contributed by atoms with Crippen molar-refractivity contribution < 1.29 is 13.2 Å². The van der Waals surface area contributed by atoms with Crippen LogP contribution in [0.5, 0.6) is 0 Å². The third kappa shape index (κ3) is 3.49. The highest BCUT2D eigenvalue weighted by Gasteiger charge is 2.27. The highest BCUT2D eigenvalue weighted by molar-refractivity contribution is 5.59. The molecule has 4 aromatic rings. The van der Waals surface area contributed by atoms with Crippen LogP contribution < -0.4 is 0 Å². The molecule has 8 heteroatoms. The van der Waals surface area contributed by atoms with Gasteiger partial charge in [0, 0.05) is 17.8 Å². The van der Waals surface area contributed by atoms with Crippen molar-refractivity contribution in [3.8, 4) is 17.1 Å². The zero-order chi connectivity index (χ0) is 20.6. The van der Waals surface area contributed by atoms with Crippen LogP contribution in [0.3, 0.4) is 0 Å². The highest BCUT2D eigenvalue weighted by atomic mass is 19.1. The standard InChI is InChI=1S/C21H16F3N5/c1-21(2,16-7-4-8-18(27-16)29-12-11-25-20(29)24)15-6-3-5-14(26-15)13-9-10-17(22)28-19(13)23/h3-12H,1-2H3. The van der Waals surface area contributed by atoms with Crippen molar-refractivity contribution in [1.82, 2.24) is 24.5 Å². The summed E-state index contributed by atoms with van der Waals surface area (Å²) < 4.78 is 42.3. The molecular formula is C21H16F3N5. The Labute approximate surface area is 164 Å². The van der Waals surface area contributed by atoms with Crippen LogP contribution >= 0.6 is 0 Å². The lowest BCUT2D eigenvalue weighted by Gasteiger charge is -2.24. The van der Waals surface area contributed by atoms with Gasteiger partial charge in [-0.05, 0) is 50.2 Å². The lowest BCUT2D eigenvalue weighted by atomic mass is 9.84. The second-order valence-corrected chi connectivity index (χ2v) is 6.95. The summed E-state index contributed by atoms with van der Waals surface area (Å²) in [6.07, 6.45) is 2.18. The Morgan fingerprint density at radius 2 is 1.55 bits per heavy atom. The molecule has 0 aliphatic rings. The molecule has 0 radical (unpaired) electrons. The summed E-state index contributed by atoms with van der Waals surface area (Å²) >= 11 is 0.